The van der Waals surface area contributed by atoms with Gasteiger partial charge in [0.1, 0.15) is 5.82 Å². The van der Waals surface area contributed by atoms with E-state index in [1.807, 2.05) is 36.4 Å². The first-order valence-corrected chi connectivity index (χ1v) is 9.51. The Bertz CT molecular complexity index is 970. The van der Waals surface area contributed by atoms with Crippen LogP contribution in [0, 0.1) is 0 Å². The fourth-order valence-electron chi connectivity index (χ4n) is 3.76. The lowest BCUT2D eigenvalue weighted by Gasteiger charge is -2.16. The van der Waals surface area contributed by atoms with Crippen LogP contribution in [0.4, 0.5) is 11.8 Å². The molecule has 1 aliphatic carbocycles. The third-order valence-electron chi connectivity index (χ3n) is 5.19. The SMILES string of the molecule is c1ccc2c(NC3CCCC3)nc(NCc3ccc4c(c3)OCO4)nc2c1. The van der Waals surface area contributed by atoms with E-state index in [1.165, 1.54) is 25.7 Å². The Balaban J connectivity index is 1.39. The molecule has 5 rings (SSSR count). The molecule has 27 heavy (non-hydrogen) atoms. The van der Waals surface area contributed by atoms with E-state index in [0.717, 1.165) is 33.8 Å². The van der Waals surface area contributed by atoms with E-state index in [9.17, 15) is 0 Å². The van der Waals surface area contributed by atoms with Gasteiger partial charge in [-0.1, -0.05) is 31.0 Å². The fourth-order valence-corrected chi connectivity index (χ4v) is 3.76. The zero-order valence-electron chi connectivity index (χ0n) is 15.1. The average Bonchev–Trinajstić information content (AvgIpc) is 3.37. The van der Waals surface area contributed by atoms with Crippen LogP contribution >= 0.6 is 0 Å². The van der Waals surface area contributed by atoms with E-state index >= 15 is 0 Å². The van der Waals surface area contributed by atoms with Crippen LogP contribution in [0.1, 0.15) is 31.2 Å². The smallest absolute Gasteiger partial charge is 0.231 e. The molecule has 2 N–H and O–H groups in total. The van der Waals surface area contributed by atoms with Crippen molar-refractivity contribution < 1.29 is 9.47 Å². The monoisotopic (exact) mass is 362 g/mol. The number of fused-ring (bicyclic) bond motifs is 2. The lowest BCUT2D eigenvalue weighted by molar-refractivity contribution is 0.174. The summed E-state index contributed by atoms with van der Waals surface area (Å²) in [6.07, 6.45) is 4.99. The standard InChI is InChI=1S/C21H22N4O2/c1-2-6-15(5-1)23-20-16-7-3-4-8-17(16)24-21(25-20)22-12-14-9-10-18-19(11-14)27-13-26-18/h3-4,7-11,15H,1-2,5-6,12-13H2,(H2,22,23,24,25). The molecular formula is C21H22N4O2. The van der Waals surface area contributed by atoms with Crippen LogP contribution in [0.25, 0.3) is 10.9 Å². The molecule has 3 aromatic rings. The van der Waals surface area contributed by atoms with Gasteiger partial charge in [0.05, 0.1) is 5.52 Å². The largest absolute Gasteiger partial charge is 0.454 e. The zero-order valence-corrected chi connectivity index (χ0v) is 15.1. The first kappa shape index (κ1) is 16.2. The Morgan fingerprint density at radius 2 is 1.81 bits per heavy atom. The second-order valence-electron chi connectivity index (χ2n) is 7.08. The lowest BCUT2D eigenvalue weighted by Crippen LogP contribution is -2.17. The predicted molar refractivity (Wildman–Crippen MR) is 105 cm³/mol. The first-order valence-electron chi connectivity index (χ1n) is 9.51. The Kier molecular flexibility index (Phi) is 4.16. The minimum atomic E-state index is 0.288. The maximum Gasteiger partial charge on any atom is 0.231 e. The summed E-state index contributed by atoms with van der Waals surface area (Å²) in [7, 11) is 0. The topological polar surface area (TPSA) is 68.3 Å². The van der Waals surface area contributed by atoms with Gasteiger partial charge in [-0.05, 0) is 42.7 Å². The van der Waals surface area contributed by atoms with Crippen LogP contribution in [-0.4, -0.2) is 22.8 Å². The van der Waals surface area contributed by atoms with E-state index in [0.29, 0.717) is 18.5 Å². The van der Waals surface area contributed by atoms with Gasteiger partial charge >= 0.3 is 0 Å². The number of aromatic nitrogens is 2. The Hall–Kier alpha value is -3.02. The van der Waals surface area contributed by atoms with Crippen molar-refractivity contribution in [3.05, 3.63) is 48.0 Å². The molecule has 1 fully saturated rings. The summed E-state index contributed by atoms with van der Waals surface area (Å²) in [5.74, 6) is 3.13. The lowest BCUT2D eigenvalue weighted by atomic mass is 10.2. The highest BCUT2D eigenvalue weighted by molar-refractivity contribution is 5.90. The minimum Gasteiger partial charge on any atom is -0.454 e. The summed E-state index contributed by atoms with van der Waals surface area (Å²) in [5, 5.41) is 8.05. The van der Waals surface area contributed by atoms with Gasteiger partial charge in [0.2, 0.25) is 12.7 Å². The molecule has 0 atom stereocenters. The number of nitrogens with one attached hydrogen (secondary N) is 2. The van der Waals surface area contributed by atoms with Gasteiger partial charge in [0.25, 0.3) is 0 Å². The summed E-state index contributed by atoms with van der Waals surface area (Å²) in [6.45, 7) is 0.911. The molecule has 2 heterocycles. The van der Waals surface area contributed by atoms with E-state index in [-0.39, 0.29) is 6.79 Å². The van der Waals surface area contributed by atoms with Crippen LogP contribution in [0.2, 0.25) is 0 Å². The molecule has 2 aliphatic rings. The van der Waals surface area contributed by atoms with Crippen molar-refractivity contribution >= 4 is 22.7 Å². The van der Waals surface area contributed by atoms with Gasteiger partial charge in [-0.15, -0.1) is 0 Å². The van der Waals surface area contributed by atoms with Crippen molar-refractivity contribution in [2.24, 2.45) is 0 Å². The highest BCUT2D eigenvalue weighted by atomic mass is 16.7. The van der Waals surface area contributed by atoms with Gasteiger partial charge in [0, 0.05) is 18.0 Å². The number of hydrogen-bond acceptors (Lipinski definition) is 6. The Morgan fingerprint density at radius 3 is 2.74 bits per heavy atom. The van der Waals surface area contributed by atoms with Gasteiger partial charge in [0.15, 0.2) is 11.5 Å². The molecule has 1 aliphatic heterocycles. The summed E-state index contributed by atoms with van der Waals surface area (Å²) < 4.78 is 10.8. The van der Waals surface area contributed by atoms with E-state index in [2.05, 4.69) is 21.7 Å². The number of para-hydroxylation sites is 1. The molecule has 0 radical (unpaired) electrons. The summed E-state index contributed by atoms with van der Waals surface area (Å²) in [4.78, 5) is 9.44. The molecule has 2 aromatic carbocycles. The van der Waals surface area contributed by atoms with Gasteiger partial charge < -0.3 is 20.1 Å². The van der Waals surface area contributed by atoms with Gasteiger partial charge in [-0.2, -0.15) is 4.98 Å². The molecule has 1 aromatic heterocycles. The average molecular weight is 362 g/mol. The van der Waals surface area contributed by atoms with E-state index in [1.54, 1.807) is 0 Å². The van der Waals surface area contributed by atoms with Crippen LogP contribution in [0.15, 0.2) is 42.5 Å². The molecule has 138 valence electrons. The van der Waals surface area contributed by atoms with Crippen LogP contribution in [-0.2, 0) is 6.54 Å². The third kappa shape index (κ3) is 3.35. The van der Waals surface area contributed by atoms with Crippen molar-refractivity contribution in [3.8, 4) is 11.5 Å². The van der Waals surface area contributed by atoms with Crippen LogP contribution < -0.4 is 20.1 Å². The highest BCUT2D eigenvalue weighted by Crippen LogP contribution is 2.33. The van der Waals surface area contributed by atoms with Gasteiger partial charge in [-0.25, -0.2) is 4.98 Å². The summed E-state index contributed by atoms with van der Waals surface area (Å²) in [5.41, 5.74) is 2.04. The molecule has 0 unspecified atom stereocenters. The number of rotatable bonds is 5. The number of ether oxygens (including phenoxy) is 2. The quantitative estimate of drug-likeness (QED) is 0.704. The second kappa shape index (κ2) is 6.95. The molecule has 6 nitrogen and oxygen atoms in total. The van der Waals surface area contributed by atoms with Crippen molar-refractivity contribution in [1.29, 1.82) is 0 Å². The molecule has 0 bridgehead atoms. The second-order valence-corrected chi connectivity index (χ2v) is 7.08. The third-order valence-corrected chi connectivity index (χ3v) is 5.19. The molecule has 1 saturated carbocycles. The van der Waals surface area contributed by atoms with Crippen molar-refractivity contribution in [1.82, 2.24) is 9.97 Å². The van der Waals surface area contributed by atoms with Gasteiger partial charge in [-0.3, -0.25) is 0 Å². The number of nitrogens with zero attached hydrogens (tertiary/aromatic N) is 2. The van der Waals surface area contributed by atoms with Crippen LogP contribution in [0.3, 0.4) is 0 Å². The van der Waals surface area contributed by atoms with E-state index in [4.69, 9.17) is 14.5 Å². The number of anilines is 2. The number of benzene rings is 2. The maximum atomic E-state index is 5.45. The molecule has 0 saturated heterocycles. The normalized spacial score (nSPS) is 16.0. The molecule has 0 spiro atoms. The molecular weight excluding hydrogens is 340 g/mol. The molecule has 6 heteroatoms. The molecule has 0 amide bonds. The minimum absolute atomic E-state index is 0.288. The summed E-state index contributed by atoms with van der Waals surface area (Å²) in [6, 6.07) is 14.6. The van der Waals surface area contributed by atoms with Crippen LogP contribution in [0.5, 0.6) is 11.5 Å². The predicted octanol–water partition coefficient (Wildman–Crippen LogP) is 4.33. The number of hydrogen-bond donors (Lipinski definition) is 2. The van der Waals surface area contributed by atoms with Crippen molar-refractivity contribution in [2.75, 3.05) is 17.4 Å². The fraction of sp³-hybridized carbons (Fsp3) is 0.333. The highest BCUT2D eigenvalue weighted by Gasteiger charge is 2.17. The summed E-state index contributed by atoms with van der Waals surface area (Å²) >= 11 is 0. The van der Waals surface area contributed by atoms with Crippen molar-refractivity contribution in [2.45, 2.75) is 38.3 Å². The first-order chi connectivity index (χ1) is 13.3. The van der Waals surface area contributed by atoms with E-state index < -0.39 is 0 Å². The zero-order chi connectivity index (χ0) is 18.1. The maximum absolute atomic E-state index is 5.45. The Labute approximate surface area is 157 Å². The Morgan fingerprint density at radius 1 is 0.963 bits per heavy atom. The van der Waals surface area contributed by atoms with Crippen molar-refractivity contribution in [3.63, 3.8) is 0 Å².